The number of aliphatic hydroxyl groups is 1. The van der Waals surface area contributed by atoms with Gasteiger partial charge in [-0.15, -0.1) is 0 Å². The molecule has 2 heterocycles. The van der Waals surface area contributed by atoms with Crippen molar-refractivity contribution in [3.8, 4) is 0 Å². The zero-order valence-corrected chi connectivity index (χ0v) is 29.3. The van der Waals surface area contributed by atoms with E-state index in [0.717, 1.165) is 11.1 Å². The Morgan fingerprint density at radius 1 is 0.808 bits per heavy atom. The van der Waals surface area contributed by atoms with Crippen LogP contribution < -0.4 is 0 Å². The van der Waals surface area contributed by atoms with E-state index in [9.17, 15) is 35.1 Å². The first-order chi connectivity index (χ1) is 24.8. The molecular formula is C37H36F3NO9S2. The van der Waals surface area contributed by atoms with Gasteiger partial charge in [-0.05, 0) is 47.7 Å². The SMILES string of the molecule is O=S(=O)(c1ccccc1)n1cc(CC[C@@]2(OCc3ccccc3)C[C@H](OCc3ccccc3)[C@@H](COS(=O)(=O)C(F)(F)F)O[C@H]2O)c2ccccc21. The number of aromatic nitrogens is 1. The normalized spacial score (nSPS) is 21.3. The molecule has 4 atom stereocenters. The van der Waals surface area contributed by atoms with Crippen LogP contribution in [0, 0.1) is 0 Å². The lowest BCUT2D eigenvalue weighted by molar-refractivity contribution is -0.314. The molecule has 1 aliphatic rings. The van der Waals surface area contributed by atoms with Crippen LogP contribution in [-0.2, 0) is 58.2 Å². The summed E-state index contributed by atoms with van der Waals surface area (Å²) in [5, 5.41) is 12.2. The Morgan fingerprint density at radius 3 is 2.02 bits per heavy atom. The second kappa shape index (κ2) is 15.5. The maximum atomic E-state index is 13.7. The number of rotatable bonds is 14. The average Bonchev–Trinajstić information content (AvgIpc) is 3.53. The standard InChI is InChI=1S/C37H36F3NO9S2/c38-37(39,40)52(45,46)49-26-34-33(47-24-27-12-4-1-5-13-27)22-36(35(42)50-34,48-25-28-14-6-2-7-15-28)21-20-29-23-41(32-19-11-10-18-31(29)32)51(43,44)30-16-8-3-9-17-30/h1-19,23,33-35,42H,20-22,24-26H2/t33-,34+,35+,36+/m0/s1. The lowest BCUT2D eigenvalue weighted by Crippen LogP contribution is -2.59. The van der Waals surface area contributed by atoms with Crippen LogP contribution in [0.5, 0.6) is 0 Å². The van der Waals surface area contributed by atoms with Crippen LogP contribution in [-0.4, -0.2) is 62.1 Å². The third-order valence-electron chi connectivity index (χ3n) is 8.94. The van der Waals surface area contributed by atoms with E-state index >= 15 is 0 Å². The molecule has 1 aliphatic heterocycles. The van der Waals surface area contributed by atoms with E-state index in [0.29, 0.717) is 16.5 Å². The quantitative estimate of drug-likeness (QED) is 0.102. The Kier molecular flexibility index (Phi) is 11.2. The summed E-state index contributed by atoms with van der Waals surface area (Å²) in [6, 6.07) is 32.9. The molecule has 1 N–H and O–H groups in total. The Hall–Kier alpha value is -4.09. The van der Waals surface area contributed by atoms with Gasteiger partial charge < -0.3 is 19.3 Å². The minimum absolute atomic E-state index is 0.000428. The number of alkyl halides is 3. The molecule has 5 aromatic rings. The largest absolute Gasteiger partial charge is 0.523 e. The highest BCUT2D eigenvalue weighted by molar-refractivity contribution is 7.90. The smallest absolute Gasteiger partial charge is 0.371 e. The molecule has 0 aliphatic carbocycles. The highest BCUT2D eigenvalue weighted by Crippen LogP contribution is 2.40. The predicted molar refractivity (Wildman–Crippen MR) is 185 cm³/mol. The molecule has 1 aromatic heterocycles. The zero-order chi connectivity index (χ0) is 37.0. The predicted octanol–water partition coefficient (Wildman–Crippen LogP) is 6.33. The van der Waals surface area contributed by atoms with Crippen molar-refractivity contribution in [2.45, 2.75) is 67.0 Å². The van der Waals surface area contributed by atoms with Gasteiger partial charge in [0.05, 0.1) is 36.3 Å². The Labute approximate surface area is 299 Å². The summed E-state index contributed by atoms with van der Waals surface area (Å²) < 4.78 is 115. The van der Waals surface area contributed by atoms with Gasteiger partial charge in [0.15, 0.2) is 6.29 Å². The van der Waals surface area contributed by atoms with Crippen molar-refractivity contribution in [2.24, 2.45) is 0 Å². The van der Waals surface area contributed by atoms with Gasteiger partial charge >= 0.3 is 15.6 Å². The molecule has 4 aromatic carbocycles. The number of ether oxygens (including phenoxy) is 3. The van der Waals surface area contributed by atoms with Crippen LogP contribution in [0.1, 0.15) is 29.5 Å². The van der Waals surface area contributed by atoms with Crippen LogP contribution in [0.3, 0.4) is 0 Å². The van der Waals surface area contributed by atoms with E-state index in [2.05, 4.69) is 4.18 Å². The van der Waals surface area contributed by atoms with Crippen molar-refractivity contribution in [1.82, 2.24) is 3.97 Å². The molecule has 10 nitrogen and oxygen atoms in total. The van der Waals surface area contributed by atoms with E-state index in [4.69, 9.17) is 14.2 Å². The highest BCUT2D eigenvalue weighted by atomic mass is 32.2. The minimum atomic E-state index is -5.98. The molecule has 15 heteroatoms. The first-order valence-electron chi connectivity index (χ1n) is 16.3. The maximum Gasteiger partial charge on any atom is 0.523 e. The van der Waals surface area contributed by atoms with Crippen molar-refractivity contribution in [3.05, 3.63) is 138 Å². The van der Waals surface area contributed by atoms with Gasteiger partial charge in [-0.25, -0.2) is 12.4 Å². The number of aliphatic hydroxyl groups excluding tert-OH is 1. The van der Waals surface area contributed by atoms with E-state index in [1.807, 2.05) is 18.2 Å². The van der Waals surface area contributed by atoms with Crippen LogP contribution in [0.4, 0.5) is 13.2 Å². The van der Waals surface area contributed by atoms with E-state index in [-0.39, 0.29) is 37.4 Å². The molecular weight excluding hydrogens is 724 g/mol. The van der Waals surface area contributed by atoms with Gasteiger partial charge in [0.25, 0.3) is 10.0 Å². The number of nitrogens with zero attached hydrogens (tertiary/aromatic N) is 1. The van der Waals surface area contributed by atoms with E-state index in [1.165, 1.54) is 22.3 Å². The van der Waals surface area contributed by atoms with Gasteiger partial charge in [-0.2, -0.15) is 21.6 Å². The van der Waals surface area contributed by atoms with Gasteiger partial charge in [-0.3, -0.25) is 4.18 Å². The second-order valence-electron chi connectivity index (χ2n) is 12.4. The van der Waals surface area contributed by atoms with Crippen LogP contribution >= 0.6 is 0 Å². The number of aryl methyl sites for hydroxylation is 1. The van der Waals surface area contributed by atoms with Gasteiger partial charge in [0.2, 0.25) is 0 Å². The Bertz CT molecular complexity index is 2170. The fraction of sp³-hybridized carbons (Fsp3) is 0.297. The van der Waals surface area contributed by atoms with Crippen molar-refractivity contribution >= 4 is 31.0 Å². The Balaban J connectivity index is 1.33. The summed E-state index contributed by atoms with van der Waals surface area (Å²) in [6.45, 7) is -1.11. The number of fused-ring (bicyclic) bond motifs is 1. The summed E-state index contributed by atoms with van der Waals surface area (Å²) in [5.41, 5.74) is -4.70. The van der Waals surface area contributed by atoms with Crippen LogP contribution in [0.15, 0.2) is 126 Å². The van der Waals surface area contributed by atoms with Crippen molar-refractivity contribution in [2.75, 3.05) is 6.61 Å². The monoisotopic (exact) mass is 759 g/mol. The number of halogens is 3. The zero-order valence-electron chi connectivity index (χ0n) is 27.6. The molecule has 0 amide bonds. The van der Waals surface area contributed by atoms with E-state index in [1.54, 1.807) is 84.9 Å². The van der Waals surface area contributed by atoms with Gasteiger partial charge in [0, 0.05) is 18.0 Å². The summed E-state index contributed by atoms with van der Waals surface area (Å²) in [7, 11) is -9.97. The lowest BCUT2D eigenvalue weighted by atomic mass is 9.84. The lowest BCUT2D eigenvalue weighted by Gasteiger charge is -2.47. The molecule has 0 bridgehead atoms. The van der Waals surface area contributed by atoms with E-state index < -0.39 is 56.4 Å². The van der Waals surface area contributed by atoms with Crippen molar-refractivity contribution in [1.29, 1.82) is 0 Å². The second-order valence-corrected chi connectivity index (χ2v) is 15.8. The van der Waals surface area contributed by atoms with Gasteiger partial charge in [0.1, 0.15) is 11.7 Å². The fourth-order valence-electron chi connectivity index (χ4n) is 6.16. The average molecular weight is 760 g/mol. The molecule has 6 rings (SSSR count). The van der Waals surface area contributed by atoms with Crippen LogP contribution in [0.25, 0.3) is 10.9 Å². The summed E-state index contributed by atoms with van der Waals surface area (Å²) in [4.78, 5) is 0.0975. The van der Waals surface area contributed by atoms with Gasteiger partial charge in [-0.1, -0.05) is 97.1 Å². The highest BCUT2D eigenvalue weighted by Gasteiger charge is 2.52. The molecule has 52 heavy (non-hydrogen) atoms. The molecule has 276 valence electrons. The summed E-state index contributed by atoms with van der Waals surface area (Å²) >= 11 is 0. The third kappa shape index (κ3) is 8.26. The number of hydrogen-bond donors (Lipinski definition) is 1. The number of hydrogen-bond acceptors (Lipinski definition) is 9. The minimum Gasteiger partial charge on any atom is -0.371 e. The molecule has 0 radical (unpaired) electrons. The molecule has 0 unspecified atom stereocenters. The molecule has 0 spiro atoms. The van der Waals surface area contributed by atoms with Crippen LogP contribution in [0.2, 0.25) is 0 Å². The number of benzene rings is 4. The molecule has 1 saturated heterocycles. The topological polar surface area (TPSA) is 130 Å². The van der Waals surface area contributed by atoms with Crippen molar-refractivity contribution in [3.63, 3.8) is 0 Å². The molecule has 1 fully saturated rings. The fourth-order valence-corrected chi connectivity index (χ4v) is 8.02. The third-order valence-corrected chi connectivity index (χ3v) is 11.6. The molecule has 0 saturated carbocycles. The number of para-hydroxylation sites is 1. The first-order valence-corrected chi connectivity index (χ1v) is 19.2. The Morgan fingerprint density at radius 2 is 1.38 bits per heavy atom. The first kappa shape index (κ1) is 37.7. The summed E-state index contributed by atoms with van der Waals surface area (Å²) in [6.07, 6.45) is -2.74. The maximum absolute atomic E-state index is 13.7. The summed E-state index contributed by atoms with van der Waals surface area (Å²) in [5.74, 6) is 0. The van der Waals surface area contributed by atoms with Crippen molar-refractivity contribution < 1.29 is 53.5 Å².